The number of nitrogens with zero attached hydrogens (tertiary/aromatic N) is 2. The summed E-state index contributed by atoms with van der Waals surface area (Å²) in [4.78, 5) is 12.3. The summed E-state index contributed by atoms with van der Waals surface area (Å²) >= 11 is 0. The molecule has 1 heterocycles. The number of urea groups is 1. The molecule has 0 aliphatic rings. The number of amides is 2. The number of aromatic nitrogens is 2. The van der Waals surface area contributed by atoms with E-state index in [1.807, 2.05) is 70.6 Å². The molecule has 6 heteroatoms. The second-order valence-corrected chi connectivity index (χ2v) is 6.59. The van der Waals surface area contributed by atoms with Crippen molar-refractivity contribution in [3.63, 3.8) is 0 Å². The number of nitrogens with one attached hydrogen (secondary N) is 2. The maximum Gasteiger partial charge on any atom is 0.319 e. The first kappa shape index (κ1) is 19.0. The number of hydrogen-bond donors (Lipinski definition) is 2. The van der Waals surface area contributed by atoms with Crippen molar-refractivity contribution in [2.24, 2.45) is 7.05 Å². The highest BCUT2D eigenvalue weighted by atomic mass is 16.5. The number of ether oxygens (including phenoxy) is 1. The predicted octanol–water partition coefficient (Wildman–Crippen LogP) is 3.84. The minimum atomic E-state index is -0.239. The number of rotatable bonds is 6. The maximum absolute atomic E-state index is 12.3. The number of hydrogen-bond acceptors (Lipinski definition) is 3. The summed E-state index contributed by atoms with van der Waals surface area (Å²) in [6.45, 7) is 10.4. The summed E-state index contributed by atoms with van der Waals surface area (Å²) in [7, 11) is 1.91. The van der Waals surface area contributed by atoms with E-state index in [0.717, 1.165) is 28.2 Å². The summed E-state index contributed by atoms with van der Waals surface area (Å²) < 4.78 is 7.43. The van der Waals surface area contributed by atoms with Gasteiger partial charge in [0.25, 0.3) is 0 Å². The Labute approximate surface area is 149 Å². The van der Waals surface area contributed by atoms with Gasteiger partial charge in [0.05, 0.1) is 24.4 Å². The lowest BCUT2D eigenvalue weighted by Gasteiger charge is -2.16. The molecule has 2 amide bonds. The van der Waals surface area contributed by atoms with Crippen molar-refractivity contribution in [1.82, 2.24) is 15.1 Å². The summed E-state index contributed by atoms with van der Waals surface area (Å²) in [5.74, 6) is 0. The molecule has 0 aliphatic carbocycles. The largest absolute Gasteiger partial charge is 0.374 e. The van der Waals surface area contributed by atoms with Crippen LogP contribution in [0.1, 0.15) is 49.3 Å². The van der Waals surface area contributed by atoms with Gasteiger partial charge in [-0.2, -0.15) is 5.10 Å². The minimum absolute atomic E-state index is 0.124. The highest BCUT2D eigenvalue weighted by Crippen LogP contribution is 2.21. The summed E-state index contributed by atoms with van der Waals surface area (Å²) in [5, 5.41) is 10.3. The fraction of sp³-hybridized carbons (Fsp3) is 0.474. The highest BCUT2D eigenvalue weighted by Gasteiger charge is 2.18. The Balaban J connectivity index is 1.99. The van der Waals surface area contributed by atoms with E-state index in [-0.39, 0.29) is 18.2 Å². The van der Waals surface area contributed by atoms with E-state index in [1.165, 1.54) is 0 Å². The van der Waals surface area contributed by atoms with Gasteiger partial charge in [0.15, 0.2) is 0 Å². The molecule has 2 rings (SSSR count). The van der Waals surface area contributed by atoms with Crippen molar-refractivity contribution in [2.75, 3.05) is 5.32 Å². The van der Waals surface area contributed by atoms with Gasteiger partial charge in [-0.25, -0.2) is 4.79 Å². The van der Waals surface area contributed by atoms with Gasteiger partial charge < -0.3 is 15.4 Å². The quantitative estimate of drug-likeness (QED) is 0.836. The van der Waals surface area contributed by atoms with Crippen LogP contribution in [0.25, 0.3) is 0 Å². The van der Waals surface area contributed by atoms with Crippen LogP contribution >= 0.6 is 0 Å². The average molecular weight is 344 g/mol. The van der Waals surface area contributed by atoms with E-state index in [2.05, 4.69) is 15.7 Å². The first-order valence-corrected chi connectivity index (χ1v) is 8.56. The van der Waals surface area contributed by atoms with Crippen LogP contribution in [-0.4, -0.2) is 21.9 Å². The molecule has 1 aromatic carbocycles. The Morgan fingerprint density at radius 3 is 2.60 bits per heavy atom. The molecule has 136 valence electrons. The Bertz CT molecular complexity index is 737. The van der Waals surface area contributed by atoms with Crippen molar-refractivity contribution in [1.29, 1.82) is 0 Å². The van der Waals surface area contributed by atoms with Crippen LogP contribution in [0.2, 0.25) is 0 Å². The molecular weight excluding hydrogens is 316 g/mol. The zero-order chi connectivity index (χ0) is 18.6. The van der Waals surface area contributed by atoms with E-state index < -0.39 is 0 Å². The minimum Gasteiger partial charge on any atom is -0.374 e. The third-order valence-corrected chi connectivity index (χ3v) is 4.11. The molecule has 0 radical (unpaired) electrons. The molecule has 1 atom stereocenters. The molecule has 0 aliphatic heterocycles. The standard InChI is InChI=1S/C19H28N4O2/c1-12(2)25-11-16-8-7-9-17(10-16)21-19(24)20-13(3)18-14(4)22-23(6)15(18)5/h7-10,12-13H,11H2,1-6H3,(H2,20,21,24)/t13-/m1/s1. The molecule has 6 nitrogen and oxygen atoms in total. The van der Waals surface area contributed by atoms with Gasteiger partial charge in [0, 0.05) is 24.0 Å². The van der Waals surface area contributed by atoms with E-state index >= 15 is 0 Å². The Morgan fingerprint density at radius 2 is 2.00 bits per heavy atom. The molecule has 2 N–H and O–H groups in total. The number of anilines is 1. The molecule has 0 bridgehead atoms. The first-order chi connectivity index (χ1) is 11.8. The van der Waals surface area contributed by atoms with Crippen molar-refractivity contribution < 1.29 is 9.53 Å². The molecule has 1 aromatic heterocycles. The van der Waals surface area contributed by atoms with Crippen LogP contribution in [0.3, 0.4) is 0 Å². The summed E-state index contributed by atoms with van der Waals surface area (Å²) in [6.07, 6.45) is 0.173. The van der Waals surface area contributed by atoms with Gasteiger partial charge in [-0.05, 0) is 52.3 Å². The first-order valence-electron chi connectivity index (χ1n) is 8.56. The third kappa shape index (κ3) is 5.06. The molecule has 0 spiro atoms. The normalized spacial score (nSPS) is 12.3. The monoisotopic (exact) mass is 344 g/mol. The highest BCUT2D eigenvalue weighted by molar-refractivity contribution is 5.89. The van der Waals surface area contributed by atoms with E-state index in [4.69, 9.17) is 4.74 Å². The molecule has 0 fully saturated rings. The second kappa shape index (κ2) is 8.16. The molecule has 2 aromatic rings. The number of benzene rings is 1. The van der Waals surface area contributed by atoms with Crippen molar-refractivity contribution in [3.05, 3.63) is 46.8 Å². The fourth-order valence-corrected chi connectivity index (χ4v) is 2.85. The van der Waals surface area contributed by atoms with Gasteiger partial charge in [0.1, 0.15) is 0 Å². The molecule has 0 saturated carbocycles. The Morgan fingerprint density at radius 1 is 1.28 bits per heavy atom. The lowest BCUT2D eigenvalue weighted by molar-refractivity contribution is 0.0657. The van der Waals surface area contributed by atoms with Crippen molar-refractivity contribution >= 4 is 11.7 Å². The topological polar surface area (TPSA) is 68.2 Å². The lowest BCUT2D eigenvalue weighted by atomic mass is 10.1. The summed E-state index contributed by atoms with van der Waals surface area (Å²) in [5.41, 5.74) is 4.81. The van der Waals surface area contributed by atoms with Crippen LogP contribution in [0.4, 0.5) is 10.5 Å². The summed E-state index contributed by atoms with van der Waals surface area (Å²) in [6, 6.07) is 7.32. The third-order valence-electron chi connectivity index (χ3n) is 4.11. The van der Waals surface area contributed by atoms with E-state index in [9.17, 15) is 4.79 Å². The smallest absolute Gasteiger partial charge is 0.319 e. The van der Waals surface area contributed by atoms with Gasteiger partial charge in [-0.3, -0.25) is 4.68 Å². The van der Waals surface area contributed by atoms with Gasteiger partial charge in [0.2, 0.25) is 0 Å². The Kier molecular flexibility index (Phi) is 6.20. The average Bonchev–Trinajstić information content (AvgIpc) is 2.78. The lowest BCUT2D eigenvalue weighted by Crippen LogP contribution is -2.31. The predicted molar refractivity (Wildman–Crippen MR) is 99.6 cm³/mol. The molecule has 0 unspecified atom stereocenters. The number of carbonyl (C=O) groups excluding carboxylic acids is 1. The number of carbonyl (C=O) groups is 1. The molecule has 25 heavy (non-hydrogen) atoms. The fourth-order valence-electron chi connectivity index (χ4n) is 2.85. The van der Waals surface area contributed by atoms with Crippen LogP contribution < -0.4 is 10.6 Å². The van der Waals surface area contributed by atoms with Crippen LogP contribution in [0.15, 0.2) is 24.3 Å². The molecular formula is C19H28N4O2. The maximum atomic E-state index is 12.3. The van der Waals surface area contributed by atoms with Crippen LogP contribution in [0.5, 0.6) is 0 Å². The van der Waals surface area contributed by atoms with Gasteiger partial charge >= 0.3 is 6.03 Å². The zero-order valence-corrected chi connectivity index (χ0v) is 15.9. The Hall–Kier alpha value is -2.34. The SMILES string of the molecule is Cc1nn(C)c(C)c1[C@@H](C)NC(=O)Nc1cccc(COC(C)C)c1. The zero-order valence-electron chi connectivity index (χ0n) is 15.9. The van der Waals surface area contributed by atoms with Crippen LogP contribution in [0, 0.1) is 13.8 Å². The van der Waals surface area contributed by atoms with E-state index in [1.54, 1.807) is 0 Å². The molecule has 0 saturated heterocycles. The number of aryl methyl sites for hydroxylation is 2. The van der Waals surface area contributed by atoms with Crippen LogP contribution in [-0.2, 0) is 18.4 Å². The van der Waals surface area contributed by atoms with Crippen molar-refractivity contribution in [2.45, 2.75) is 53.4 Å². The van der Waals surface area contributed by atoms with Gasteiger partial charge in [-0.1, -0.05) is 12.1 Å². The van der Waals surface area contributed by atoms with Crippen molar-refractivity contribution in [3.8, 4) is 0 Å². The second-order valence-electron chi connectivity index (χ2n) is 6.59. The van der Waals surface area contributed by atoms with E-state index in [0.29, 0.717) is 6.61 Å². The van der Waals surface area contributed by atoms with Gasteiger partial charge in [-0.15, -0.1) is 0 Å².